The molecular weight excluding hydrogens is 256 g/mol. The SMILES string of the molecule is COC1(C2COc3cc(O)c(O)cc3C2)C=CC=CC1. The minimum Gasteiger partial charge on any atom is -0.504 e. The fraction of sp³-hybridized carbons (Fsp3) is 0.375. The van der Waals surface area contributed by atoms with E-state index in [4.69, 9.17) is 9.47 Å². The zero-order chi connectivity index (χ0) is 14.2. The highest BCUT2D eigenvalue weighted by atomic mass is 16.5. The van der Waals surface area contributed by atoms with Crippen LogP contribution in [0.1, 0.15) is 12.0 Å². The molecule has 3 rings (SSSR count). The molecule has 4 heteroatoms. The van der Waals surface area contributed by atoms with Crippen LogP contribution in [0.5, 0.6) is 17.2 Å². The first-order chi connectivity index (χ1) is 9.64. The fourth-order valence-electron chi connectivity index (χ4n) is 2.96. The van der Waals surface area contributed by atoms with Gasteiger partial charge in [0.2, 0.25) is 0 Å². The minimum absolute atomic E-state index is 0.112. The zero-order valence-electron chi connectivity index (χ0n) is 11.4. The first-order valence-corrected chi connectivity index (χ1v) is 6.72. The van der Waals surface area contributed by atoms with Gasteiger partial charge in [-0.1, -0.05) is 24.3 Å². The molecule has 2 atom stereocenters. The molecule has 1 aliphatic heterocycles. The Labute approximate surface area is 118 Å². The van der Waals surface area contributed by atoms with Crippen molar-refractivity contribution in [3.8, 4) is 17.2 Å². The highest BCUT2D eigenvalue weighted by molar-refractivity contribution is 5.50. The summed E-state index contributed by atoms with van der Waals surface area (Å²) in [5.74, 6) is 0.547. The third-order valence-electron chi connectivity index (χ3n) is 4.20. The number of ether oxygens (including phenoxy) is 2. The van der Waals surface area contributed by atoms with E-state index in [0.29, 0.717) is 12.4 Å². The van der Waals surface area contributed by atoms with Gasteiger partial charge in [0.05, 0.1) is 12.2 Å². The minimum atomic E-state index is -0.361. The van der Waals surface area contributed by atoms with E-state index < -0.39 is 0 Å². The van der Waals surface area contributed by atoms with Gasteiger partial charge in [-0.3, -0.25) is 0 Å². The third kappa shape index (κ3) is 2.06. The lowest BCUT2D eigenvalue weighted by molar-refractivity contribution is -0.0366. The molecule has 2 unspecified atom stereocenters. The normalized spacial score (nSPS) is 27.9. The fourth-order valence-corrected chi connectivity index (χ4v) is 2.96. The standard InChI is InChI=1S/C16H18O4/c1-19-16(5-3-2-4-6-16)12-7-11-8-13(17)14(18)9-15(11)20-10-12/h2-5,8-9,12,17-18H,6-7,10H2,1H3. The molecule has 2 aliphatic rings. The van der Waals surface area contributed by atoms with Crippen molar-refractivity contribution >= 4 is 0 Å². The molecule has 0 radical (unpaired) electrons. The van der Waals surface area contributed by atoms with Gasteiger partial charge < -0.3 is 19.7 Å². The summed E-state index contributed by atoms with van der Waals surface area (Å²) in [5.41, 5.74) is 0.538. The summed E-state index contributed by atoms with van der Waals surface area (Å²) in [5, 5.41) is 19.1. The first kappa shape index (κ1) is 13.1. The van der Waals surface area contributed by atoms with Gasteiger partial charge in [-0.2, -0.15) is 0 Å². The number of rotatable bonds is 2. The molecule has 0 saturated heterocycles. The van der Waals surface area contributed by atoms with E-state index in [9.17, 15) is 10.2 Å². The van der Waals surface area contributed by atoms with Crippen molar-refractivity contribution in [3.63, 3.8) is 0 Å². The van der Waals surface area contributed by atoms with Crippen LogP contribution in [0.15, 0.2) is 36.4 Å². The smallest absolute Gasteiger partial charge is 0.161 e. The number of fused-ring (bicyclic) bond motifs is 1. The molecule has 106 valence electrons. The molecule has 1 heterocycles. The zero-order valence-corrected chi connectivity index (χ0v) is 11.4. The van der Waals surface area contributed by atoms with E-state index in [1.165, 1.54) is 6.07 Å². The van der Waals surface area contributed by atoms with Gasteiger partial charge >= 0.3 is 0 Å². The van der Waals surface area contributed by atoms with E-state index in [2.05, 4.69) is 12.2 Å². The van der Waals surface area contributed by atoms with Crippen LogP contribution in [-0.2, 0) is 11.2 Å². The van der Waals surface area contributed by atoms with Gasteiger partial charge in [0, 0.05) is 19.1 Å². The van der Waals surface area contributed by atoms with Crippen molar-refractivity contribution < 1.29 is 19.7 Å². The Morgan fingerprint density at radius 2 is 2.05 bits per heavy atom. The van der Waals surface area contributed by atoms with Crippen molar-refractivity contribution in [2.24, 2.45) is 5.92 Å². The Morgan fingerprint density at radius 1 is 1.25 bits per heavy atom. The highest BCUT2D eigenvalue weighted by Crippen LogP contribution is 2.41. The lowest BCUT2D eigenvalue weighted by atomic mass is 9.78. The quantitative estimate of drug-likeness (QED) is 0.814. The summed E-state index contributed by atoms with van der Waals surface area (Å²) in [6, 6.07) is 3.04. The molecule has 0 spiro atoms. The first-order valence-electron chi connectivity index (χ1n) is 6.72. The second-order valence-corrected chi connectivity index (χ2v) is 5.31. The summed E-state index contributed by atoms with van der Waals surface area (Å²) in [6.45, 7) is 0.531. The Bertz CT molecular complexity index is 576. The molecule has 1 aliphatic carbocycles. The number of benzene rings is 1. The van der Waals surface area contributed by atoms with Crippen LogP contribution < -0.4 is 4.74 Å². The summed E-state index contributed by atoms with van der Waals surface area (Å²) >= 11 is 0. The monoisotopic (exact) mass is 274 g/mol. The average molecular weight is 274 g/mol. The Kier molecular flexibility index (Phi) is 3.18. The predicted octanol–water partition coefficient (Wildman–Crippen LogP) is 2.55. The number of hydrogen-bond acceptors (Lipinski definition) is 4. The molecule has 0 bridgehead atoms. The van der Waals surface area contributed by atoms with Gasteiger partial charge in [-0.05, 0) is 24.5 Å². The van der Waals surface area contributed by atoms with Gasteiger partial charge in [0.1, 0.15) is 5.75 Å². The third-order valence-corrected chi connectivity index (χ3v) is 4.20. The van der Waals surface area contributed by atoms with Crippen LogP contribution >= 0.6 is 0 Å². The van der Waals surface area contributed by atoms with Crippen molar-refractivity contribution in [2.75, 3.05) is 13.7 Å². The second-order valence-electron chi connectivity index (χ2n) is 5.31. The van der Waals surface area contributed by atoms with Crippen LogP contribution in [0.3, 0.4) is 0 Å². The van der Waals surface area contributed by atoms with Crippen LogP contribution in [-0.4, -0.2) is 29.5 Å². The molecular formula is C16H18O4. The van der Waals surface area contributed by atoms with Crippen molar-refractivity contribution in [2.45, 2.75) is 18.4 Å². The number of hydrogen-bond donors (Lipinski definition) is 2. The van der Waals surface area contributed by atoms with E-state index in [0.717, 1.165) is 18.4 Å². The maximum Gasteiger partial charge on any atom is 0.161 e. The van der Waals surface area contributed by atoms with E-state index in [-0.39, 0.29) is 23.0 Å². The average Bonchev–Trinajstić information content (AvgIpc) is 2.48. The van der Waals surface area contributed by atoms with E-state index in [1.807, 2.05) is 12.2 Å². The Morgan fingerprint density at radius 3 is 2.75 bits per heavy atom. The van der Waals surface area contributed by atoms with Crippen molar-refractivity contribution in [1.29, 1.82) is 0 Å². The van der Waals surface area contributed by atoms with Crippen LogP contribution in [0.2, 0.25) is 0 Å². The molecule has 0 saturated carbocycles. The largest absolute Gasteiger partial charge is 0.504 e. The summed E-state index contributed by atoms with van der Waals surface area (Å²) in [6.07, 6.45) is 9.73. The summed E-state index contributed by atoms with van der Waals surface area (Å²) < 4.78 is 11.5. The molecule has 20 heavy (non-hydrogen) atoms. The molecule has 0 fully saturated rings. The van der Waals surface area contributed by atoms with Crippen molar-refractivity contribution in [1.82, 2.24) is 0 Å². The molecule has 2 N–H and O–H groups in total. The van der Waals surface area contributed by atoms with Crippen LogP contribution in [0, 0.1) is 5.92 Å². The van der Waals surface area contributed by atoms with Crippen LogP contribution in [0.25, 0.3) is 0 Å². The molecule has 0 amide bonds. The molecule has 1 aromatic carbocycles. The lowest BCUT2D eigenvalue weighted by Gasteiger charge is -2.40. The van der Waals surface area contributed by atoms with Gasteiger partial charge in [0.25, 0.3) is 0 Å². The Balaban J connectivity index is 1.90. The molecule has 1 aromatic rings. The van der Waals surface area contributed by atoms with E-state index in [1.54, 1.807) is 13.2 Å². The number of allylic oxidation sites excluding steroid dienone is 2. The maximum atomic E-state index is 9.63. The molecule has 4 nitrogen and oxygen atoms in total. The number of methoxy groups -OCH3 is 1. The predicted molar refractivity (Wildman–Crippen MR) is 75.1 cm³/mol. The lowest BCUT2D eigenvalue weighted by Crippen LogP contribution is -2.44. The number of aromatic hydroxyl groups is 2. The number of phenols is 2. The van der Waals surface area contributed by atoms with Crippen LogP contribution in [0.4, 0.5) is 0 Å². The summed E-state index contributed by atoms with van der Waals surface area (Å²) in [4.78, 5) is 0. The van der Waals surface area contributed by atoms with E-state index >= 15 is 0 Å². The Hall–Kier alpha value is -1.94. The van der Waals surface area contributed by atoms with Crippen molar-refractivity contribution in [3.05, 3.63) is 42.0 Å². The maximum absolute atomic E-state index is 9.63. The second kappa shape index (κ2) is 4.87. The topological polar surface area (TPSA) is 58.9 Å². The summed E-state index contributed by atoms with van der Waals surface area (Å²) in [7, 11) is 1.72. The highest BCUT2D eigenvalue weighted by Gasteiger charge is 2.39. The molecule has 0 aromatic heterocycles. The van der Waals surface area contributed by atoms with Gasteiger partial charge in [-0.15, -0.1) is 0 Å². The van der Waals surface area contributed by atoms with Gasteiger partial charge in [0.15, 0.2) is 11.5 Å². The van der Waals surface area contributed by atoms with Gasteiger partial charge in [-0.25, -0.2) is 0 Å². The number of phenolic OH excluding ortho intramolecular Hbond substituents is 2.